The highest BCUT2D eigenvalue weighted by atomic mass is 32.2. The lowest BCUT2D eigenvalue weighted by molar-refractivity contribution is -0.129. The van der Waals surface area contributed by atoms with Crippen LogP contribution in [0.1, 0.15) is 23.3 Å². The maximum atomic E-state index is 13.8. The molecule has 1 atom stereocenters. The van der Waals surface area contributed by atoms with Gasteiger partial charge in [0.25, 0.3) is 0 Å². The smallest absolute Gasteiger partial charge is 0.245 e. The van der Waals surface area contributed by atoms with Crippen molar-refractivity contribution >= 4 is 37.1 Å². The number of sulfonamides is 1. The first kappa shape index (κ1) is 28.2. The quantitative estimate of drug-likeness (QED) is 0.229. The van der Waals surface area contributed by atoms with Gasteiger partial charge in [0.2, 0.25) is 15.9 Å². The number of nitrogens with one attached hydrogen (secondary N) is 1. The lowest BCUT2D eigenvalue weighted by atomic mass is 9.97. The Balaban J connectivity index is 1.47. The number of oxazole rings is 1. The molecule has 40 heavy (non-hydrogen) atoms. The molecule has 1 aliphatic rings. The van der Waals surface area contributed by atoms with Crippen LogP contribution in [0, 0.1) is 0 Å². The number of hydroxylamine groups is 1. The van der Waals surface area contributed by atoms with Crippen molar-refractivity contribution in [2.75, 3.05) is 18.8 Å². The summed E-state index contributed by atoms with van der Waals surface area (Å²) in [5.41, 5.74) is 3.81. The summed E-state index contributed by atoms with van der Waals surface area (Å²) in [5, 5.41) is 9.29. The average Bonchev–Trinajstić information content (AvgIpc) is 3.63. The molecule has 0 saturated carbocycles. The van der Waals surface area contributed by atoms with Crippen LogP contribution in [-0.4, -0.2) is 56.1 Å². The summed E-state index contributed by atoms with van der Waals surface area (Å²) < 4.78 is 59.0. The zero-order valence-electron chi connectivity index (χ0n) is 21.3. The first-order chi connectivity index (χ1) is 19.1. The molecule has 0 aliphatic carbocycles. The van der Waals surface area contributed by atoms with E-state index in [1.165, 1.54) is 22.0 Å². The van der Waals surface area contributed by atoms with Crippen LogP contribution in [0.3, 0.4) is 0 Å². The van der Waals surface area contributed by atoms with Crippen molar-refractivity contribution in [2.24, 2.45) is 0 Å². The van der Waals surface area contributed by atoms with Gasteiger partial charge in [-0.15, -0.1) is 11.3 Å². The number of nitrogens with zero attached hydrogens (tertiary/aromatic N) is 2. The van der Waals surface area contributed by atoms with Crippen LogP contribution in [0.15, 0.2) is 83.7 Å². The molecule has 13 heteroatoms. The Kier molecular flexibility index (Phi) is 7.93. The van der Waals surface area contributed by atoms with Crippen LogP contribution < -0.4 is 5.48 Å². The van der Waals surface area contributed by atoms with E-state index in [2.05, 4.69) is 4.98 Å². The predicted octanol–water partition coefficient (Wildman–Crippen LogP) is 3.81. The van der Waals surface area contributed by atoms with Gasteiger partial charge in [0.15, 0.2) is 22.0 Å². The average molecular weight is 602 g/mol. The van der Waals surface area contributed by atoms with Crippen LogP contribution in [0.4, 0.5) is 0 Å². The fraction of sp³-hybridized carbons (Fsp3) is 0.259. The number of rotatable bonds is 8. The second-order valence-corrected chi connectivity index (χ2v) is 15.0. The number of hydrogen-bond donors (Lipinski definition) is 2. The normalized spacial score (nSPS) is 19.6. The van der Waals surface area contributed by atoms with Crippen LogP contribution >= 0.6 is 11.3 Å². The van der Waals surface area contributed by atoms with E-state index < -0.39 is 42.7 Å². The molecular weight excluding hydrogens is 575 g/mol. The van der Waals surface area contributed by atoms with Gasteiger partial charge in [-0.25, -0.2) is 31.6 Å². The number of benzene rings is 2. The van der Waals surface area contributed by atoms with E-state index in [-0.39, 0.29) is 25.3 Å². The Labute approximate surface area is 236 Å². The maximum absolute atomic E-state index is 13.8. The number of hydrogen-bond acceptors (Lipinski definition) is 9. The molecule has 210 valence electrons. The van der Waals surface area contributed by atoms with Crippen LogP contribution in [-0.2, 0) is 35.2 Å². The third kappa shape index (κ3) is 5.60. The number of carbonyl (C=O) groups excluding carboxylic acids is 1. The molecule has 0 spiro atoms. The Morgan fingerprint density at radius 3 is 2.45 bits per heavy atom. The zero-order valence-corrected chi connectivity index (χ0v) is 23.7. The Bertz CT molecular complexity index is 1690. The summed E-state index contributed by atoms with van der Waals surface area (Å²) in [6, 6.07) is 19.6. The first-order valence-corrected chi connectivity index (χ1v) is 16.5. The number of aromatic nitrogens is 1. The van der Waals surface area contributed by atoms with Gasteiger partial charge in [0.05, 0.1) is 24.1 Å². The molecule has 2 aromatic carbocycles. The molecule has 1 amide bonds. The molecular formula is C27H27N3O7S3. The van der Waals surface area contributed by atoms with E-state index in [0.29, 0.717) is 16.2 Å². The molecule has 2 aromatic heterocycles. The van der Waals surface area contributed by atoms with Crippen LogP contribution in [0.5, 0.6) is 0 Å². The van der Waals surface area contributed by atoms with Gasteiger partial charge in [-0.2, -0.15) is 0 Å². The molecule has 1 aliphatic heterocycles. The number of amides is 1. The fourth-order valence-corrected chi connectivity index (χ4v) is 10.2. The molecule has 4 aromatic rings. The van der Waals surface area contributed by atoms with Crippen molar-refractivity contribution in [3.63, 3.8) is 0 Å². The van der Waals surface area contributed by atoms with E-state index in [1.54, 1.807) is 54.1 Å². The van der Waals surface area contributed by atoms with E-state index in [1.807, 2.05) is 24.3 Å². The summed E-state index contributed by atoms with van der Waals surface area (Å²) in [7, 11) is -7.86. The molecule has 0 radical (unpaired) electrons. The third-order valence-corrected chi connectivity index (χ3v) is 12.9. The lowest BCUT2D eigenvalue weighted by Crippen LogP contribution is -2.41. The van der Waals surface area contributed by atoms with Gasteiger partial charge in [-0.1, -0.05) is 54.6 Å². The Morgan fingerprint density at radius 1 is 1.05 bits per heavy atom. The standard InChI is InChI=1S/C27H27N3O7S3/c31-26(29-32)16-27(25-11-10-24(38-25)22-8-6-21(7-9-22)23-17-28-19-37-23)12-13-30(14-15-39(27,33)34)40(35,36)18-20-4-2-1-3-5-20/h1-11,17,19,32H,12-16,18H2,(H,29,31). The van der Waals surface area contributed by atoms with Crippen molar-refractivity contribution in [3.05, 3.63) is 89.8 Å². The summed E-state index contributed by atoms with van der Waals surface area (Å²) in [5.74, 6) is -0.969. The summed E-state index contributed by atoms with van der Waals surface area (Å²) >= 11 is 1.23. The van der Waals surface area contributed by atoms with Crippen molar-refractivity contribution in [3.8, 4) is 21.8 Å². The van der Waals surface area contributed by atoms with Crippen molar-refractivity contribution in [1.29, 1.82) is 0 Å². The predicted molar refractivity (Wildman–Crippen MR) is 151 cm³/mol. The second-order valence-electron chi connectivity index (χ2n) is 9.52. The van der Waals surface area contributed by atoms with Gasteiger partial charge < -0.3 is 4.42 Å². The second kappa shape index (κ2) is 11.3. The van der Waals surface area contributed by atoms with Gasteiger partial charge in [-0.3, -0.25) is 10.0 Å². The van der Waals surface area contributed by atoms with E-state index >= 15 is 0 Å². The number of carbonyl (C=O) groups is 1. The molecule has 2 N–H and O–H groups in total. The summed E-state index contributed by atoms with van der Waals surface area (Å²) in [4.78, 5) is 17.5. The van der Waals surface area contributed by atoms with Crippen molar-refractivity contribution in [1.82, 2.24) is 14.8 Å². The van der Waals surface area contributed by atoms with Crippen molar-refractivity contribution < 1.29 is 31.3 Å². The van der Waals surface area contributed by atoms with Gasteiger partial charge in [-0.05, 0) is 29.7 Å². The monoisotopic (exact) mass is 601 g/mol. The SMILES string of the molecule is O=C(CC1(c2ccc(-c3ccc(-c4cnco4)cc3)s2)CCN(S(=O)(=O)Cc2ccccc2)CCS1(=O)=O)NO. The maximum Gasteiger partial charge on any atom is 0.245 e. The van der Waals surface area contributed by atoms with Crippen LogP contribution in [0.2, 0.25) is 0 Å². The topological polar surface area (TPSA) is 147 Å². The summed E-state index contributed by atoms with van der Waals surface area (Å²) in [6.45, 7) is -0.312. The van der Waals surface area contributed by atoms with E-state index in [0.717, 1.165) is 16.0 Å². The molecule has 10 nitrogen and oxygen atoms in total. The minimum atomic E-state index is -4.04. The molecule has 1 saturated heterocycles. The molecule has 3 heterocycles. The Hall–Kier alpha value is -3.36. The molecule has 1 unspecified atom stereocenters. The highest BCUT2D eigenvalue weighted by molar-refractivity contribution is 7.92. The Morgan fingerprint density at radius 2 is 1.77 bits per heavy atom. The van der Waals surface area contributed by atoms with Gasteiger partial charge >= 0.3 is 0 Å². The van der Waals surface area contributed by atoms with Crippen molar-refractivity contribution in [2.45, 2.75) is 23.3 Å². The lowest BCUT2D eigenvalue weighted by Gasteiger charge is -2.30. The van der Waals surface area contributed by atoms with Gasteiger partial charge in [0, 0.05) is 28.4 Å². The van der Waals surface area contributed by atoms with Crippen LogP contribution in [0.25, 0.3) is 21.8 Å². The highest BCUT2D eigenvalue weighted by Crippen LogP contribution is 2.45. The minimum absolute atomic E-state index is 0.0911. The van der Waals surface area contributed by atoms with E-state index in [4.69, 9.17) is 4.42 Å². The zero-order chi connectivity index (χ0) is 28.4. The first-order valence-electron chi connectivity index (χ1n) is 12.4. The molecule has 1 fully saturated rings. The third-order valence-electron chi connectivity index (χ3n) is 7.07. The molecule has 0 bridgehead atoms. The van der Waals surface area contributed by atoms with E-state index in [9.17, 15) is 26.8 Å². The largest absolute Gasteiger partial charge is 0.444 e. The number of sulfone groups is 1. The molecule has 5 rings (SSSR count). The fourth-order valence-electron chi connectivity index (χ4n) is 4.90. The minimum Gasteiger partial charge on any atom is -0.444 e. The van der Waals surface area contributed by atoms with Gasteiger partial charge in [0.1, 0.15) is 4.75 Å². The highest BCUT2D eigenvalue weighted by Gasteiger charge is 2.50. The summed E-state index contributed by atoms with van der Waals surface area (Å²) in [6.07, 6.45) is 2.27. The number of thiophene rings is 1.